The number of rotatable bonds is 9. The maximum absolute atomic E-state index is 13.5. The van der Waals surface area contributed by atoms with Crippen LogP contribution in [0.1, 0.15) is 11.1 Å². The van der Waals surface area contributed by atoms with Gasteiger partial charge in [0.1, 0.15) is 12.4 Å². The lowest BCUT2D eigenvalue weighted by molar-refractivity contribution is -0.119. The molecule has 0 atom stereocenters. The van der Waals surface area contributed by atoms with Gasteiger partial charge in [-0.1, -0.05) is 34.1 Å². The van der Waals surface area contributed by atoms with Gasteiger partial charge < -0.3 is 5.32 Å². The van der Waals surface area contributed by atoms with Crippen LogP contribution in [0.15, 0.2) is 46.9 Å². The van der Waals surface area contributed by atoms with E-state index in [0.717, 1.165) is 20.6 Å². The number of nitrogens with one attached hydrogen (secondary N) is 1. The zero-order valence-electron chi connectivity index (χ0n) is 15.6. The van der Waals surface area contributed by atoms with Crippen LogP contribution in [0.4, 0.5) is 10.1 Å². The Balaban J connectivity index is 1.86. The Kier molecular flexibility index (Phi) is 8.33. The molecule has 0 spiro atoms. The van der Waals surface area contributed by atoms with Crippen LogP contribution >= 0.6 is 27.7 Å². The lowest BCUT2D eigenvalue weighted by atomic mass is 10.2. The molecule has 1 amide bonds. The lowest BCUT2D eigenvalue weighted by Gasteiger charge is -2.22. The standard InChI is InChI=1S/C19H22BrFN2O3S2/c1-14-11-16(7-8-17(14)20)23(28(2,25)26)12-19(24)22-9-10-27-13-15-5-3-4-6-18(15)21/h3-8,11H,9-10,12-13H2,1-2H3,(H,22,24). The van der Waals surface area contributed by atoms with E-state index >= 15 is 0 Å². The van der Waals surface area contributed by atoms with Crippen LogP contribution in [0.3, 0.4) is 0 Å². The van der Waals surface area contributed by atoms with Crippen molar-refractivity contribution in [1.29, 1.82) is 0 Å². The van der Waals surface area contributed by atoms with E-state index in [1.165, 1.54) is 17.8 Å². The molecule has 9 heteroatoms. The van der Waals surface area contributed by atoms with Crippen LogP contribution in [-0.2, 0) is 20.6 Å². The number of hydrogen-bond acceptors (Lipinski definition) is 4. The maximum atomic E-state index is 13.5. The topological polar surface area (TPSA) is 66.5 Å². The van der Waals surface area contributed by atoms with Crippen molar-refractivity contribution in [3.05, 3.63) is 63.9 Å². The molecule has 0 saturated carbocycles. The third-order valence-electron chi connectivity index (χ3n) is 3.90. The fraction of sp³-hybridized carbons (Fsp3) is 0.316. The third kappa shape index (κ3) is 6.79. The number of thioether (sulfide) groups is 1. The first kappa shape index (κ1) is 22.7. The van der Waals surface area contributed by atoms with Crippen molar-refractivity contribution < 1.29 is 17.6 Å². The summed E-state index contributed by atoms with van der Waals surface area (Å²) in [5.74, 6) is 0.470. The first-order chi connectivity index (χ1) is 13.2. The van der Waals surface area contributed by atoms with Gasteiger partial charge in [-0.3, -0.25) is 9.10 Å². The number of anilines is 1. The number of aryl methyl sites for hydroxylation is 1. The SMILES string of the molecule is Cc1cc(N(CC(=O)NCCSCc2ccccc2F)S(C)(=O)=O)ccc1Br. The molecule has 2 rings (SSSR count). The molecule has 28 heavy (non-hydrogen) atoms. The quantitative estimate of drug-likeness (QED) is 0.546. The number of benzene rings is 2. The number of sulfonamides is 1. The van der Waals surface area contributed by atoms with Gasteiger partial charge in [0, 0.05) is 22.5 Å². The number of amides is 1. The number of nitrogens with zero attached hydrogens (tertiary/aromatic N) is 1. The molecule has 0 heterocycles. The summed E-state index contributed by atoms with van der Waals surface area (Å²) >= 11 is 4.87. The van der Waals surface area contributed by atoms with E-state index in [0.29, 0.717) is 29.3 Å². The van der Waals surface area contributed by atoms with E-state index in [1.807, 2.05) is 6.92 Å². The van der Waals surface area contributed by atoms with Gasteiger partial charge in [0.05, 0.1) is 11.9 Å². The van der Waals surface area contributed by atoms with Crippen LogP contribution in [0.2, 0.25) is 0 Å². The van der Waals surface area contributed by atoms with Crippen molar-refractivity contribution in [3.63, 3.8) is 0 Å². The van der Waals surface area contributed by atoms with Crippen molar-refractivity contribution in [2.75, 3.05) is 29.4 Å². The molecule has 0 aliphatic rings. The van der Waals surface area contributed by atoms with E-state index in [-0.39, 0.29) is 12.4 Å². The molecule has 2 aromatic carbocycles. The number of halogens is 2. The lowest BCUT2D eigenvalue weighted by Crippen LogP contribution is -2.41. The molecule has 0 bridgehead atoms. The van der Waals surface area contributed by atoms with E-state index in [4.69, 9.17) is 0 Å². The fourth-order valence-corrected chi connectivity index (χ4v) is 4.37. The normalized spacial score (nSPS) is 11.3. The minimum atomic E-state index is -3.61. The van der Waals surface area contributed by atoms with Gasteiger partial charge in [0.25, 0.3) is 0 Å². The van der Waals surface area contributed by atoms with E-state index in [9.17, 15) is 17.6 Å². The minimum Gasteiger partial charge on any atom is -0.354 e. The van der Waals surface area contributed by atoms with Crippen molar-refractivity contribution in [1.82, 2.24) is 5.32 Å². The average Bonchev–Trinajstić information content (AvgIpc) is 2.62. The second kappa shape index (κ2) is 10.3. The molecule has 0 radical (unpaired) electrons. The van der Waals surface area contributed by atoms with Crippen LogP contribution in [-0.4, -0.2) is 39.4 Å². The molecule has 0 aliphatic heterocycles. The summed E-state index contributed by atoms with van der Waals surface area (Å²) in [6.45, 7) is 1.92. The van der Waals surface area contributed by atoms with Crippen LogP contribution < -0.4 is 9.62 Å². The average molecular weight is 489 g/mol. The van der Waals surface area contributed by atoms with Crippen LogP contribution in [0.5, 0.6) is 0 Å². The first-order valence-electron chi connectivity index (χ1n) is 8.50. The highest BCUT2D eigenvalue weighted by atomic mass is 79.9. The molecular formula is C19H22BrFN2O3S2. The van der Waals surface area contributed by atoms with E-state index in [1.54, 1.807) is 36.4 Å². The number of carbonyl (C=O) groups is 1. The Morgan fingerprint density at radius 1 is 1.25 bits per heavy atom. The summed E-state index contributed by atoms with van der Waals surface area (Å²) in [6, 6.07) is 11.7. The van der Waals surface area contributed by atoms with Crippen molar-refractivity contribution in [2.24, 2.45) is 0 Å². The number of hydrogen-bond donors (Lipinski definition) is 1. The first-order valence-corrected chi connectivity index (χ1v) is 12.3. The smallest absolute Gasteiger partial charge is 0.240 e. The largest absolute Gasteiger partial charge is 0.354 e. The molecule has 2 aromatic rings. The Morgan fingerprint density at radius 2 is 1.96 bits per heavy atom. The van der Waals surface area contributed by atoms with Gasteiger partial charge in [0.15, 0.2) is 0 Å². The summed E-state index contributed by atoms with van der Waals surface area (Å²) in [5, 5.41) is 2.71. The highest BCUT2D eigenvalue weighted by Crippen LogP contribution is 2.24. The summed E-state index contributed by atoms with van der Waals surface area (Å²) in [7, 11) is -3.61. The summed E-state index contributed by atoms with van der Waals surface area (Å²) < 4.78 is 39.7. The molecule has 0 unspecified atom stereocenters. The predicted octanol–water partition coefficient (Wildman–Crippen LogP) is 3.71. The van der Waals surface area contributed by atoms with Crippen molar-refractivity contribution in [2.45, 2.75) is 12.7 Å². The van der Waals surface area contributed by atoms with Gasteiger partial charge >= 0.3 is 0 Å². The van der Waals surface area contributed by atoms with Gasteiger partial charge in [-0.25, -0.2) is 12.8 Å². The zero-order chi connectivity index (χ0) is 20.7. The Bertz CT molecular complexity index is 939. The minimum absolute atomic E-state index is 0.243. The second-order valence-corrected chi connectivity index (χ2v) is 10.1. The third-order valence-corrected chi connectivity index (χ3v) is 6.94. The Labute approximate surface area is 177 Å². The second-order valence-electron chi connectivity index (χ2n) is 6.20. The van der Waals surface area contributed by atoms with Crippen molar-refractivity contribution in [3.8, 4) is 0 Å². The van der Waals surface area contributed by atoms with Gasteiger partial charge in [-0.2, -0.15) is 11.8 Å². The van der Waals surface area contributed by atoms with E-state index < -0.39 is 15.9 Å². The molecule has 152 valence electrons. The molecular weight excluding hydrogens is 467 g/mol. The van der Waals surface area contributed by atoms with Crippen LogP contribution in [0.25, 0.3) is 0 Å². The fourth-order valence-electron chi connectivity index (χ4n) is 2.43. The summed E-state index contributed by atoms with van der Waals surface area (Å²) in [6.07, 6.45) is 1.07. The molecule has 0 aromatic heterocycles. The summed E-state index contributed by atoms with van der Waals surface area (Å²) in [5.41, 5.74) is 1.93. The van der Waals surface area contributed by atoms with Gasteiger partial charge in [-0.15, -0.1) is 0 Å². The number of carbonyl (C=O) groups excluding carboxylic acids is 1. The zero-order valence-corrected chi connectivity index (χ0v) is 18.8. The predicted molar refractivity (Wildman–Crippen MR) is 117 cm³/mol. The Hall–Kier alpha value is -1.58. The van der Waals surface area contributed by atoms with Crippen LogP contribution in [0, 0.1) is 12.7 Å². The van der Waals surface area contributed by atoms with Gasteiger partial charge in [0.2, 0.25) is 15.9 Å². The molecule has 0 saturated heterocycles. The summed E-state index contributed by atoms with van der Waals surface area (Å²) in [4.78, 5) is 12.2. The highest BCUT2D eigenvalue weighted by molar-refractivity contribution is 9.10. The monoisotopic (exact) mass is 488 g/mol. The molecule has 0 fully saturated rings. The molecule has 1 N–H and O–H groups in total. The molecule has 5 nitrogen and oxygen atoms in total. The maximum Gasteiger partial charge on any atom is 0.240 e. The molecule has 0 aliphatic carbocycles. The Morgan fingerprint density at radius 3 is 2.61 bits per heavy atom. The van der Waals surface area contributed by atoms with Crippen molar-refractivity contribution >= 4 is 49.3 Å². The van der Waals surface area contributed by atoms with E-state index in [2.05, 4.69) is 21.2 Å². The van der Waals surface area contributed by atoms with Gasteiger partial charge in [-0.05, 0) is 42.3 Å². The highest BCUT2D eigenvalue weighted by Gasteiger charge is 2.21.